The van der Waals surface area contributed by atoms with Gasteiger partial charge in [-0.05, 0) is 54.4 Å². The standard InChI is InChI=1S/C15H21BrN2O3/c1-15(2,3)21-14(19)18-12-8-10(4-5-11(12)16)13-9-17-6-7-20-13/h4-5,8,13,17H,6-7,9H2,1-3H3,(H,18,19). The highest BCUT2D eigenvalue weighted by atomic mass is 79.9. The Kier molecular flexibility index (Phi) is 5.24. The summed E-state index contributed by atoms with van der Waals surface area (Å²) in [4.78, 5) is 11.9. The molecule has 0 aliphatic carbocycles. The molecule has 1 amide bonds. The second-order valence-electron chi connectivity index (χ2n) is 5.93. The van der Waals surface area contributed by atoms with E-state index in [2.05, 4.69) is 26.6 Å². The fourth-order valence-corrected chi connectivity index (χ4v) is 2.38. The van der Waals surface area contributed by atoms with Crippen LogP contribution < -0.4 is 10.6 Å². The number of halogens is 1. The van der Waals surface area contributed by atoms with Gasteiger partial charge in [0.25, 0.3) is 0 Å². The number of anilines is 1. The average molecular weight is 357 g/mol. The summed E-state index contributed by atoms with van der Waals surface area (Å²) in [6, 6.07) is 5.80. The Bertz CT molecular complexity index is 508. The first kappa shape index (κ1) is 16.3. The van der Waals surface area contributed by atoms with Gasteiger partial charge in [-0.1, -0.05) is 6.07 Å². The summed E-state index contributed by atoms with van der Waals surface area (Å²) in [6.07, 6.45) is -0.464. The Morgan fingerprint density at radius 1 is 1.48 bits per heavy atom. The molecule has 1 fully saturated rings. The minimum Gasteiger partial charge on any atom is -0.444 e. The molecular formula is C15H21BrN2O3. The van der Waals surface area contributed by atoms with E-state index < -0.39 is 11.7 Å². The van der Waals surface area contributed by atoms with E-state index >= 15 is 0 Å². The topological polar surface area (TPSA) is 59.6 Å². The summed E-state index contributed by atoms with van der Waals surface area (Å²) < 4.78 is 11.8. The van der Waals surface area contributed by atoms with Crippen molar-refractivity contribution in [3.8, 4) is 0 Å². The zero-order valence-corrected chi connectivity index (χ0v) is 14.1. The molecule has 2 N–H and O–H groups in total. The Hall–Kier alpha value is -1.11. The van der Waals surface area contributed by atoms with Gasteiger partial charge >= 0.3 is 6.09 Å². The van der Waals surface area contributed by atoms with E-state index in [1.54, 1.807) is 0 Å². The van der Waals surface area contributed by atoms with Crippen molar-refractivity contribution in [1.82, 2.24) is 5.32 Å². The van der Waals surface area contributed by atoms with Crippen molar-refractivity contribution in [2.24, 2.45) is 0 Å². The third kappa shape index (κ3) is 4.98. The third-order valence-corrected chi connectivity index (χ3v) is 3.62. The molecule has 21 heavy (non-hydrogen) atoms. The van der Waals surface area contributed by atoms with Crippen LogP contribution in [0.25, 0.3) is 0 Å². The van der Waals surface area contributed by atoms with E-state index in [-0.39, 0.29) is 6.10 Å². The van der Waals surface area contributed by atoms with Gasteiger partial charge in [-0.2, -0.15) is 0 Å². The molecular weight excluding hydrogens is 336 g/mol. The number of ether oxygens (including phenoxy) is 2. The van der Waals surface area contributed by atoms with Crippen LogP contribution in [0, 0.1) is 0 Å². The highest BCUT2D eigenvalue weighted by Crippen LogP contribution is 2.28. The molecule has 1 atom stereocenters. The Labute approximate surface area is 133 Å². The maximum atomic E-state index is 11.9. The number of hydrogen-bond acceptors (Lipinski definition) is 4. The number of rotatable bonds is 2. The molecule has 1 unspecified atom stereocenters. The molecule has 1 aromatic rings. The number of morpholine rings is 1. The molecule has 0 aromatic heterocycles. The molecule has 6 heteroatoms. The first-order chi connectivity index (χ1) is 9.85. The lowest BCUT2D eigenvalue weighted by atomic mass is 10.1. The van der Waals surface area contributed by atoms with Gasteiger partial charge in [-0.15, -0.1) is 0 Å². The minimum absolute atomic E-state index is 0.00559. The molecule has 1 aliphatic heterocycles. The van der Waals surface area contributed by atoms with Crippen LogP contribution in [0.15, 0.2) is 22.7 Å². The predicted octanol–water partition coefficient (Wildman–Crippen LogP) is 3.46. The van der Waals surface area contributed by atoms with E-state index in [1.165, 1.54) is 0 Å². The van der Waals surface area contributed by atoms with E-state index in [4.69, 9.17) is 9.47 Å². The first-order valence-electron chi connectivity index (χ1n) is 6.97. The van der Waals surface area contributed by atoms with Crippen molar-refractivity contribution in [2.75, 3.05) is 25.0 Å². The van der Waals surface area contributed by atoms with Gasteiger partial charge in [0.2, 0.25) is 0 Å². The maximum Gasteiger partial charge on any atom is 0.412 e. The predicted molar refractivity (Wildman–Crippen MR) is 85.6 cm³/mol. The van der Waals surface area contributed by atoms with Crippen molar-refractivity contribution >= 4 is 27.7 Å². The molecule has 0 spiro atoms. The van der Waals surface area contributed by atoms with Crippen molar-refractivity contribution in [1.29, 1.82) is 0 Å². The summed E-state index contributed by atoms with van der Waals surface area (Å²) in [7, 11) is 0. The molecule has 5 nitrogen and oxygen atoms in total. The monoisotopic (exact) mass is 356 g/mol. The van der Waals surface area contributed by atoms with Crippen LogP contribution in [0.4, 0.5) is 10.5 Å². The van der Waals surface area contributed by atoms with Crippen LogP contribution in [-0.4, -0.2) is 31.4 Å². The highest BCUT2D eigenvalue weighted by Gasteiger charge is 2.19. The van der Waals surface area contributed by atoms with Gasteiger partial charge < -0.3 is 14.8 Å². The summed E-state index contributed by atoms with van der Waals surface area (Å²) in [5.41, 5.74) is 1.18. The van der Waals surface area contributed by atoms with Crippen LogP contribution >= 0.6 is 15.9 Å². The van der Waals surface area contributed by atoms with Gasteiger partial charge in [0, 0.05) is 17.6 Å². The molecule has 1 saturated heterocycles. The van der Waals surface area contributed by atoms with E-state index in [9.17, 15) is 4.79 Å². The average Bonchev–Trinajstić information content (AvgIpc) is 2.40. The zero-order chi connectivity index (χ0) is 15.5. The molecule has 1 aromatic carbocycles. The second kappa shape index (κ2) is 6.77. The van der Waals surface area contributed by atoms with Gasteiger partial charge in [0.15, 0.2) is 0 Å². The lowest BCUT2D eigenvalue weighted by molar-refractivity contribution is 0.0277. The van der Waals surface area contributed by atoms with Gasteiger partial charge in [0.1, 0.15) is 5.60 Å². The number of carbonyl (C=O) groups excluding carboxylic acids is 1. The van der Waals surface area contributed by atoms with Crippen molar-refractivity contribution in [2.45, 2.75) is 32.5 Å². The highest BCUT2D eigenvalue weighted by molar-refractivity contribution is 9.10. The van der Waals surface area contributed by atoms with E-state index in [0.717, 1.165) is 23.1 Å². The summed E-state index contributed by atoms with van der Waals surface area (Å²) in [5.74, 6) is 0. The number of amides is 1. The third-order valence-electron chi connectivity index (χ3n) is 2.93. The summed E-state index contributed by atoms with van der Waals surface area (Å²) >= 11 is 3.44. The molecule has 2 rings (SSSR count). The first-order valence-corrected chi connectivity index (χ1v) is 7.76. The van der Waals surface area contributed by atoms with Gasteiger partial charge in [-0.25, -0.2) is 4.79 Å². The Morgan fingerprint density at radius 3 is 2.86 bits per heavy atom. The maximum absolute atomic E-state index is 11.9. The summed E-state index contributed by atoms with van der Waals surface area (Å²) in [6.45, 7) is 7.83. The molecule has 1 aliphatic rings. The fourth-order valence-electron chi connectivity index (χ4n) is 2.03. The van der Waals surface area contributed by atoms with E-state index in [1.807, 2.05) is 39.0 Å². The van der Waals surface area contributed by atoms with Gasteiger partial charge in [0.05, 0.1) is 18.4 Å². The van der Waals surface area contributed by atoms with Crippen LogP contribution in [-0.2, 0) is 9.47 Å². The van der Waals surface area contributed by atoms with Crippen molar-refractivity contribution in [3.63, 3.8) is 0 Å². The smallest absolute Gasteiger partial charge is 0.412 e. The zero-order valence-electron chi connectivity index (χ0n) is 12.5. The van der Waals surface area contributed by atoms with Crippen molar-refractivity contribution < 1.29 is 14.3 Å². The molecule has 1 heterocycles. The minimum atomic E-state index is -0.523. The molecule has 116 valence electrons. The summed E-state index contributed by atoms with van der Waals surface area (Å²) in [5, 5.41) is 6.05. The van der Waals surface area contributed by atoms with Crippen molar-refractivity contribution in [3.05, 3.63) is 28.2 Å². The number of carbonyl (C=O) groups is 1. The normalized spacial score (nSPS) is 19.1. The lowest BCUT2D eigenvalue weighted by Gasteiger charge is -2.25. The van der Waals surface area contributed by atoms with Crippen LogP contribution in [0.3, 0.4) is 0 Å². The number of hydrogen-bond donors (Lipinski definition) is 2. The molecule has 0 saturated carbocycles. The van der Waals surface area contributed by atoms with Crippen LogP contribution in [0.1, 0.15) is 32.4 Å². The lowest BCUT2D eigenvalue weighted by Crippen LogP contribution is -2.33. The van der Waals surface area contributed by atoms with Gasteiger partial charge in [-0.3, -0.25) is 5.32 Å². The van der Waals surface area contributed by atoms with Crippen LogP contribution in [0.2, 0.25) is 0 Å². The SMILES string of the molecule is CC(C)(C)OC(=O)Nc1cc(C2CNCCO2)ccc1Br. The molecule has 0 bridgehead atoms. The second-order valence-corrected chi connectivity index (χ2v) is 6.78. The number of nitrogens with one attached hydrogen (secondary N) is 2. The fraction of sp³-hybridized carbons (Fsp3) is 0.533. The Balaban J connectivity index is 2.10. The molecule has 0 radical (unpaired) electrons. The largest absolute Gasteiger partial charge is 0.444 e. The van der Waals surface area contributed by atoms with Crippen LogP contribution in [0.5, 0.6) is 0 Å². The van der Waals surface area contributed by atoms with E-state index in [0.29, 0.717) is 12.3 Å². The number of benzene rings is 1. The quantitative estimate of drug-likeness (QED) is 0.851. The Morgan fingerprint density at radius 2 is 2.24 bits per heavy atom.